The summed E-state index contributed by atoms with van der Waals surface area (Å²) in [5.41, 5.74) is 1.36. The van der Waals surface area contributed by atoms with E-state index in [1.807, 2.05) is 25.9 Å². The van der Waals surface area contributed by atoms with Gasteiger partial charge in [0.2, 0.25) is 0 Å². The highest BCUT2D eigenvalue weighted by molar-refractivity contribution is 5.87. The van der Waals surface area contributed by atoms with Gasteiger partial charge in [-0.2, -0.15) is 5.10 Å². The molecule has 0 bridgehead atoms. The Kier molecular flexibility index (Phi) is 3.66. The third-order valence-electron chi connectivity index (χ3n) is 2.79. The highest BCUT2D eigenvalue weighted by Crippen LogP contribution is 2.29. The van der Waals surface area contributed by atoms with Crippen molar-refractivity contribution < 1.29 is 4.92 Å². The average Bonchev–Trinajstić information content (AvgIpc) is 2.73. The van der Waals surface area contributed by atoms with Crippen molar-refractivity contribution in [1.82, 2.24) is 15.1 Å². The summed E-state index contributed by atoms with van der Waals surface area (Å²) in [6.45, 7) is 2.78. The number of hydrogen-bond acceptors (Lipinski definition) is 5. The smallest absolute Gasteiger partial charge is 0.293 e. The summed E-state index contributed by atoms with van der Waals surface area (Å²) in [5, 5.41) is 21.7. The van der Waals surface area contributed by atoms with Crippen LogP contribution in [-0.2, 0) is 0 Å². The van der Waals surface area contributed by atoms with E-state index in [1.54, 1.807) is 12.3 Å². The number of H-pyrrole nitrogens is 1. The second kappa shape index (κ2) is 5.23. The van der Waals surface area contributed by atoms with E-state index in [9.17, 15) is 10.1 Å². The quantitative estimate of drug-likeness (QED) is 0.634. The second-order valence-corrected chi connectivity index (χ2v) is 4.89. The van der Waals surface area contributed by atoms with Crippen LogP contribution in [0.3, 0.4) is 0 Å². The fraction of sp³-hybridized carbons (Fsp3) is 0.417. The molecular weight excluding hydrogens is 246 g/mol. The third kappa shape index (κ3) is 3.00. The minimum absolute atomic E-state index is 0.0690. The van der Waals surface area contributed by atoms with Crippen LogP contribution in [0.2, 0.25) is 0 Å². The lowest BCUT2D eigenvalue weighted by molar-refractivity contribution is -0.383. The molecule has 2 aromatic rings. The van der Waals surface area contributed by atoms with Crippen LogP contribution in [0.1, 0.15) is 6.92 Å². The molecule has 0 radical (unpaired) electrons. The first-order valence-electron chi connectivity index (χ1n) is 6.00. The highest BCUT2D eigenvalue weighted by atomic mass is 16.6. The molecule has 0 amide bonds. The number of hydrogen-bond donors (Lipinski definition) is 2. The molecule has 0 unspecified atom stereocenters. The molecule has 0 aliphatic rings. The van der Waals surface area contributed by atoms with Crippen molar-refractivity contribution in [3.8, 4) is 0 Å². The predicted molar refractivity (Wildman–Crippen MR) is 74.4 cm³/mol. The van der Waals surface area contributed by atoms with Gasteiger partial charge < -0.3 is 10.2 Å². The third-order valence-corrected chi connectivity index (χ3v) is 2.79. The van der Waals surface area contributed by atoms with Crippen LogP contribution in [0, 0.1) is 10.1 Å². The molecule has 2 N–H and O–H groups in total. The number of aromatic nitrogens is 2. The maximum Gasteiger partial charge on any atom is 0.293 e. The first kappa shape index (κ1) is 13.3. The summed E-state index contributed by atoms with van der Waals surface area (Å²) in [4.78, 5) is 12.8. The zero-order chi connectivity index (χ0) is 14.0. The summed E-state index contributed by atoms with van der Waals surface area (Å²) < 4.78 is 0. The van der Waals surface area contributed by atoms with Crippen LogP contribution in [0.25, 0.3) is 10.9 Å². The van der Waals surface area contributed by atoms with Crippen molar-refractivity contribution in [2.45, 2.75) is 13.0 Å². The Morgan fingerprint density at radius 2 is 2.26 bits per heavy atom. The standard InChI is InChI=1S/C12H17N5O2/c1-8(7-16(2)3)14-11-5-10-9(6-13-15-10)4-12(11)17(18)19/h4-6,8,14H,7H2,1-3H3,(H,13,15)/t8-/m0/s1. The molecule has 0 spiro atoms. The van der Waals surface area contributed by atoms with Gasteiger partial charge in [-0.1, -0.05) is 0 Å². The van der Waals surface area contributed by atoms with Gasteiger partial charge in [-0.3, -0.25) is 15.2 Å². The number of nitrogens with one attached hydrogen (secondary N) is 2. The average molecular weight is 263 g/mol. The van der Waals surface area contributed by atoms with Gasteiger partial charge in [0.25, 0.3) is 5.69 Å². The fourth-order valence-corrected chi connectivity index (χ4v) is 2.10. The molecule has 1 heterocycles. The van der Waals surface area contributed by atoms with Gasteiger partial charge in [0.15, 0.2) is 0 Å². The van der Waals surface area contributed by atoms with E-state index in [2.05, 4.69) is 15.5 Å². The van der Waals surface area contributed by atoms with Crippen molar-refractivity contribution in [3.05, 3.63) is 28.4 Å². The summed E-state index contributed by atoms with van der Waals surface area (Å²) in [5.74, 6) is 0. The zero-order valence-corrected chi connectivity index (χ0v) is 11.2. The van der Waals surface area contributed by atoms with Gasteiger partial charge in [-0.25, -0.2) is 0 Å². The number of aromatic amines is 1. The Morgan fingerprint density at radius 3 is 2.89 bits per heavy atom. The Bertz CT molecular complexity index is 593. The largest absolute Gasteiger partial charge is 0.376 e. The van der Waals surface area contributed by atoms with Gasteiger partial charge in [-0.15, -0.1) is 0 Å². The van der Waals surface area contributed by atoms with Crippen molar-refractivity contribution in [2.24, 2.45) is 0 Å². The van der Waals surface area contributed by atoms with Gasteiger partial charge >= 0.3 is 0 Å². The number of nitro groups is 1. The molecule has 0 saturated heterocycles. The lowest BCUT2D eigenvalue weighted by Crippen LogP contribution is -2.29. The van der Waals surface area contributed by atoms with Gasteiger partial charge in [0.05, 0.1) is 16.6 Å². The van der Waals surface area contributed by atoms with E-state index >= 15 is 0 Å². The van der Waals surface area contributed by atoms with E-state index in [-0.39, 0.29) is 16.7 Å². The molecule has 1 aromatic carbocycles. The van der Waals surface area contributed by atoms with E-state index in [0.29, 0.717) is 5.69 Å². The maximum atomic E-state index is 11.1. The summed E-state index contributed by atoms with van der Waals surface area (Å²) in [6.07, 6.45) is 1.58. The monoisotopic (exact) mass is 263 g/mol. The minimum Gasteiger partial charge on any atom is -0.376 e. The van der Waals surface area contributed by atoms with Crippen LogP contribution in [-0.4, -0.2) is 46.7 Å². The molecule has 1 aromatic heterocycles. The van der Waals surface area contributed by atoms with Gasteiger partial charge in [-0.05, 0) is 27.1 Å². The molecule has 102 valence electrons. The Hall–Kier alpha value is -2.15. The molecule has 7 heteroatoms. The van der Waals surface area contributed by atoms with E-state index in [1.165, 1.54) is 6.07 Å². The lowest BCUT2D eigenvalue weighted by Gasteiger charge is -2.19. The lowest BCUT2D eigenvalue weighted by atomic mass is 10.2. The molecule has 7 nitrogen and oxygen atoms in total. The predicted octanol–water partition coefficient (Wildman–Crippen LogP) is 1.83. The molecule has 1 atom stereocenters. The van der Waals surface area contributed by atoms with Crippen LogP contribution in [0.4, 0.5) is 11.4 Å². The Balaban J connectivity index is 2.34. The minimum atomic E-state index is -0.378. The molecule has 0 fully saturated rings. The molecule has 2 rings (SSSR count). The summed E-state index contributed by atoms with van der Waals surface area (Å²) >= 11 is 0. The molecular formula is C12H17N5O2. The highest BCUT2D eigenvalue weighted by Gasteiger charge is 2.17. The van der Waals surface area contributed by atoms with Crippen LogP contribution < -0.4 is 5.32 Å². The number of likely N-dealkylation sites (N-methyl/N-ethyl adjacent to an activating group) is 1. The molecule has 19 heavy (non-hydrogen) atoms. The van der Waals surface area contributed by atoms with Crippen LogP contribution in [0.5, 0.6) is 0 Å². The van der Waals surface area contributed by atoms with Gasteiger partial charge in [0, 0.05) is 24.0 Å². The van der Waals surface area contributed by atoms with Crippen LogP contribution in [0.15, 0.2) is 18.3 Å². The molecule has 0 aliphatic heterocycles. The number of benzene rings is 1. The van der Waals surface area contributed by atoms with E-state index in [0.717, 1.165) is 17.4 Å². The first-order chi connectivity index (χ1) is 8.97. The first-order valence-corrected chi connectivity index (χ1v) is 6.00. The van der Waals surface area contributed by atoms with E-state index < -0.39 is 0 Å². The number of nitro benzene ring substituents is 1. The van der Waals surface area contributed by atoms with E-state index in [4.69, 9.17) is 0 Å². The number of rotatable bonds is 5. The summed E-state index contributed by atoms with van der Waals surface area (Å²) in [6, 6.07) is 3.37. The number of fused-ring (bicyclic) bond motifs is 1. The van der Waals surface area contributed by atoms with Crippen molar-refractivity contribution in [3.63, 3.8) is 0 Å². The van der Waals surface area contributed by atoms with Crippen molar-refractivity contribution in [1.29, 1.82) is 0 Å². The number of anilines is 1. The Morgan fingerprint density at radius 1 is 1.53 bits per heavy atom. The van der Waals surface area contributed by atoms with Gasteiger partial charge in [0.1, 0.15) is 5.69 Å². The SMILES string of the molecule is C[C@@H](CN(C)C)Nc1cc2[nH]ncc2cc1[N+](=O)[O-]. The summed E-state index contributed by atoms with van der Waals surface area (Å²) in [7, 11) is 3.93. The van der Waals surface area contributed by atoms with Crippen LogP contribution >= 0.6 is 0 Å². The molecule has 0 aliphatic carbocycles. The van der Waals surface area contributed by atoms with Crippen molar-refractivity contribution >= 4 is 22.3 Å². The second-order valence-electron chi connectivity index (χ2n) is 4.89. The molecule has 0 saturated carbocycles. The fourth-order valence-electron chi connectivity index (χ4n) is 2.10. The number of nitrogens with zero attached hydrogens (tertiary/aromatic N) is 3. The normalized spacial score (nSPS) is 12.8. The van der Waals surface area contributed by atoms with Crippen molar-refractivity contribution in [2.75, 3.05) is 26.0 Å². The topological polar surface area (TPSA) is 87.1 Å². The zero-order valence-electron chi connectivity index (χ0n) is 11.2. The maximum absolute atomic E-state index is 11.1. The Labute approximate surface area is 110 Å².